The van der Waals surface area contributed by atoms with Crippen molar-refractivity contribution in [2.75, 3.05) is 13.2 Å². The van der Waals surface area contributed by atoms with Crippen LogP contribution in [-0.4, -0.2) is 23.4 Å². The summed E-state index contributed by atoms with van der Waals surface area (Å²) in [6.45, 7) is 27.5. The summed E-state index contributed by atoms with van der Waals surface area (Å²) in [5, 5.41) is 25.5. The molecule has 0 aromatic heterocycles. The average molecular weight is 937 g/mol. The Kier molecular flexibility index (Phi) is 14.8. The van der Waals surface area contributed by atoms with Gasteiger partial charge in [-0.1, -0.05) is 168 Å². The van der Waals surface area contributed by atoms with Crippen LogP contribution in [0.5, 0.6) is 34.5 Å². The van der Waals surface area contributed by atoms with Crippen LogP contribution in [0.15, 0.2) is 97.1 Å². The molecule has 0 atom stereocenters. The molecular formula is C64H72O6. The summed E-state index contributed by atoms with van der Waals surface area (Å²) < 4.78 is 25.7. The molecule has 8 bridgehead atoms. The van der Waals surface area contributed by atoms with Gasteiger partial charge in [-0.3, -0.25) is 0 Å². The Balaban J connectivity index is 1.51. The zero-order valence-corrected chi connectivity index (χ0v) is 43.6. The second-order valence-electron chi connectivity index (χ2n) is 23.1. The lowest BCUT2D eigenvalue weighted by Crippen LogP contribution is -2.16. The molecule has 6 heteroatoms. The molecule has 1 aliphatic rings. The number of rotatable bonds is 10. The van der Waals surface area contributed by atoms with Gasteiger partial charge in [-0.2, -0.15) is 0 Å². The molecule has 0 aliphatic heterocycles. The molecule has 0 saturated heterocycles. The Morgan fingerprint density at radius 2 is 0.671 bits per heavy atom. The van der Waals surface area contributed by atoms with E-state index in [0.717, 1.165) is 89.4 Å². The highest BCUT2D eigenvalue weighted by molar-refractivity contribution is 5.59. The van der Waals surface area contributed by atoms with Crippen LogP contribution in [0.3, 0.4) is 0 Å². The highest BCUT2D eigenvalue weighted by atomic mass is 16.5. The monoisotopic (exact) mass is 937 g/mol. The third-order valence-corrected chi connectivity index (χ3v) is 13.2. The summed E-state index contributed by atoms with van der Waals surface area (Å²) in [4.78, 5) is 0. The normalized spacial score (nSPS) is 12.9. The van der Waals surface area contributed by atoms with Crippen LogP contribution >= 0.6 is 0 Å². The first kappa shape index (κ1) is 51.1. The zero-order chi connectivity index (χ0) is 50.8. The molecule has 0 unspecified atom stereocenters. The lowest BCUT2D eigenvalue weighted by atomic mass is 9.79. The minimum atomic E-state index is -0.239. The van der Waals surface area contributed by atoms with Crippen molar-refractivity contribution in [2.45, 2.75) is 144 Å². The van der Waals surface area contributed by atoms with Crippen molar-refractivity contribution in [3.8, 4) is 59.2 Å². The fourth-order valence-corrected chi connectivity index (χ4v) is 9.03. The smallest absolute Gasteiger partial charge is 0.148 e. The molecular weight excluding hydrogens is 865 g/mol. The van der Waals surface area contributed by atoms with E-state index in [2.05, 4.69) is 143 Å². The predicted molar refractivity (Wildman–Crippen MR) is 285 cm³/mol. The van der Waals surface area contributed by atoms with Gasteiger partial charge in [-0.05, 0) is 124 Å². The molecule has 0 spiro atoms. The summed E-state index contributed by atoms with van der Waals surface area (Å²) in [7, 11) is 0. The van der Waals surface area contributed by atoms with E-state index in [1.807, 2.05) is 48.5 Å². The minimum Gasteiger partial charge on any atom is -0.507 e. The van der Waals surface area contributed by atoms with Gasteiger partial charge in [-0.25, -0.2) is 0 Å². The fraction of sp³-hybridized carbons (Fsp3) is 0.375. The highest BCUT2D eigenvalue weighted by Gasteiger charge is 2.29. The van der Waals surface area contributed by atoms with Crippen molar-refractivity contribution in [3.63, 3.8) is 0 Å². The van der Waals surface area contributed by atoms with E-state index in [9.17, 15) is 10.2 Å². The maximum Gasteiger partial charge on any atom is 0.148 e. The molecule has 1 aliphatic carbocycles. The third-order valence-electron chi connectivity index (χ3n) is 13.2. The predicted octanol–water partition coefficient (Wildman–Crippen LogP) is 14.1. The Morgan fingerprint density at radius 3 is 0.929 bits per heavy atom. The second-order valence-corrected chi connectivity index (χ2v) is 23.1. The largest absolute Gasteiger partial charge is 0.507 e. The molecule has 6 nitrogen and oxygen atoms in total. The molecule has 2 N–H and O–H groups in total. The molecule has 0 heterocycles. The number of terminal acetylenes is 2. The maximum absolute atomic E-state index is 12.7. The van der Waals surface area contributed by atoms with Crippen LogP contribution in [0.2, 0.25) is 0 Å². The van der Waals surface area contributed by atoms with Gasteiger partial charge in [0.05, 0.1) is 0 Å². The second kappa shape index (κ2) is 20.3. The highest BCUT2D eigenvalue weighted by Crippen LogP contribution is 2.44. The van der Waals surface area contributed by atoms with E-state index in [-0.39, 0.29) is 59.6 Å². The topological polar surface area (TPSA) is 77.4 Å². The van der Waals surface area contributed by atoms with Crippen molar-refractivity contribution in [2.24, 2.45) is 0 Å². The summed E-state index contributed by atoms with van der Waals surface area (Å²) in [5.74, 6) is 8.39. The number of phenols is 2. The maximum atomic E-state index is 12.7. The first-order chi connectivity index (χ1) is 32.9. The van der Waals surface area contributed by atoms with Gasteiger partial charge in [0.25, 0.3) is 0 Å². The molecule has 0 fully saturated rings. The lowest BCUT2D eigenvalue weighted by molar-refractivity contribution is 0.298. The van der Waals surface area contributed by atoms with E-state index in [0.29, 0.717) is 37.2 Å². The zero-order valence-electron chi connectivity index (χ0n) is 43.6. The van der Waals surface area contributed by atoms with Gasteiger partial charge in [0.15, 0.2) is 0 Å². The van der Waals surface area contributed by atoms with Crippen LogP contribution in [0.1, 0.15) is 161 Å². The van der Waals surface area contributed by atoms with Gasteiger partial charge in [0, 0.05) is 25.7 Å². The lowest BCUT2D eigenvalue weighted by Gasteiger charge is -2.28. The third kappa shape index (κ3) is 12.2. The van der Waals surface area contributed by atoms with Crippen molar-refractivity contribution in [1.82, 2.24) is 0 Å². The number of fused-ring (bicyclic) bond motifs is 8. The standard InChI is InChI=1S/C64H72O6/c1-15-23-67-55-21-17-19-41(25-55)39-69-59-47-27-43-31-51(61(3,4)5)33-45(57(43)65)29-49-37-54(64(12,13)14)38-50(60(49)70-40-42-20-18-22-56(26-42)68-24-16-2)30-46-34-52(62(6,7)8)32-44(58(46)66)28-48(59)36-53(35-47)63(9,10)11/h1-2,17-22,25-26,31-38,65-66H,23-24,27-30,39-40H2,3-14H3. The van der Waals surface area contributed by atoms with Crippen molar-refractivity contribution < 1.29 is 29.2 Å². The Bertz CT molecular complexity index is 2670. The number of aromatic hydroxyl groups is 2. The Labute approximate surface area is 418 Å². The van der Waals surface area contributed by atoms with Crippen LogP contribution in [0.4, 0.5) is 0 Å². The number of hydrogen-bond acceptors (Lipinski definition) is 6. The summed E-state index contributed by atoms with van der Waals surface area (Å²) in [5.41, 5.74) is 12.4. The molecule has 0 amide bonds. The number of ether oxygens (including phenoxy) is 4. The van der Waals surface area contributed by atoms with E-state index in [4.69, 9.17) is 31.8 Å². The summed E-state index contributed by atoms with van der Waals surface area (Å²) >= 11 is 0. The SMILES string of the molecule is C#CCOc1cccc(COc2c3cc(C(C)(C)C)cc2Cc2cc(C(C)(C)C)cc(c2O)Cc2cc(C(C)(C)C)cc(c2OCc2cccc(OCC#C)c2)Cc2cc(C(C)(C)C)cc(c2O)C3)c1. The van der Waals surface area contributed by atoms with Gasteiger partial charge in [0.1, 0.15) is 60.9 Å². The van der Waals surface area contributed by atoms with E-state index >= 15 is 0 Å². The van der Waals surface area contributed by atoms with Crippen molar-refractivity contribution in [1.29, 1.82) is 0 Å². The molecule has 0 radical (unpaired) electrons. The molecule has 0 saturated carbocycles. The fourth-order valence-electron chi connectivity index (χ4n) is 9.03. The van der Waals surface area contributed by atoms with Gasteiger partial charge < -0.3 is 29.2 Å². The van der Waals surface area contributed by atoms with E-state index in [1.165, 1.54) is 0 Å². The van der Waals surface area contributed by atoms with E-state index in [1.54, 1.807) is 0 Å². The number of phenolic OH excluding ortho intramolecular Hbond substituents is 2. The Hall–Kier alpha value is -6.76. The number of hydrogen-bond donors (Lipinski definition) is 2. The van der Waals surface area contributed by atoms with E-state index < -0.39 is 0 Å². The van der Waals surface area contributed by atoms with Crippen LogP contribution in [0.25, 0.3) is 0 Å². The molecule has 364 valence electrons. The number of benzene rings is 6. The first-order valence-corrected chi connectivity index (χ1v) is 24.5. The molecule has 6 aromatic carbocycles. The molecule has 6 aromatic rings. The van der Waals surface area contributed by atoms with Gasteiger partial charge in [-0.15, -0.1) is 12.8 Å². The first-order valence-electron chi connectivity index (χ1n) is 24.5. The van der Waals surface area contributed by atoms with Gasteiger partial charge >= 0.3 is 0 Å². The molecule has 7 rings (SSSR count). The van der Waals surface area contributed by atoms with Crippen molar-refractivity contribution in [3.05, 3.63) is 175 Å². The van der Waals surface area contributed by atoms with Crippen LogP contribution < -0.4 is 18.9 Å². The molecule has 70 heavy (non-hydrogen) atoms. The van der Waals surface area contributed by atoms with Crippen LogP contribution in [-0.2, 0) is 60.6 Å². The Morgan fingerprint density at radius 1 is 0.400 bits per heavy atom. The summed E-state index contributed by atoms with van der Waals surface area (Å²) in [6.07, 6.45) is 12.6. The van der Waals surface area contributed by atoms with Gasteiger partial charge in [0.2, 0.25) is 0 Å². The minimum absolute atomic E-state index is 0.167. The quantitative estimate of drug-likeness (QED) is 0.133. The summed E-state index contributed by atoms with van der Waals surface area (Å²) in [6, 6.07) is 33.2. The van der Waals surface area contributed by atoms with Crippen LogP contribution in [0, 0.1) is 24.7 Å². The van der Waals surface area contributed by atoms with Crippen molar-refractivity contribution >= 4 is 0 Å². The average Bonchev–Trinajstić information content (AvgIpc) is 3.28.